The molecule has 24 heavy (non-hydrogen) atoms. The molecule has 0 unspecified atom stereocenters. The Morgan fingerprint density at radius 1 is 1.38 bits per heavy atom. The molecule has 1 aliphatic rings. The van der Waals surface area contributed by atoms with E-state index >= 15 is 0 Å². The number of aromatic nitrogens is 1. The van der Waals surface area contributed by atoms with Gasteiger partial charge in [0, 0.05) is 29.2 Å². The second-order valence-corrected chi connectivity index (χ2v) is 6.83. The van der Waals surface area contributed by atoms with E-state index in [0.717, 1.165) is 48.4 Å². The van der Waals surface area contributed by atoms with Gasteiger partial charge in [-0.25, -0.2) is 0 Å². The van der Waals surface area contributed by atoms with Crippen molar-refractivity contribution in [2.45, 2.75) is 25.4 Å². The molecule has 1 aliphatic heterocycles. The van der Waals surface area contributed by atoms with Crippen molar-refractivity contribution < 1.29 is 9.90 Å². The van der Waals surface area contributed by atoms with E-state index in [1.807, 2.05) is 30.1 Å². The van der Waals surface area contributed by atoms with Crippen molar-refractivity contribution in [1.82, 2.24) is 14.8 Å². The topological polar surface area (TPSA) is 56.7 Å². The van der Waals surface area contributed by atoms with Crippen LogP contribution in [0.4, 0.5) is 0 Å². The lowest BCUT2D eigenvalue weighted by atomic mass is 10.0. The highest BCUT2D eigenvalue weighted by atomic mass is 35.5. The summed E-state index contributed by atoms with van der Waals surface area (Å²) in [7, 11) is 1.89. The van der Waals surface area contributed by atoms with Crippen molar-refractivity contribution in [3.05, 3.63) is 41.0 Å². The van der Waals surface area contributed by atoms with Crippen LogP contribution in [-0.4, -0.2) is 58.6 Å². The van der Waals surface area contributed by atoms with Crippen LogP contribution in [0.5, 0.6) is 0 Å². The predicted octanol–water partition coefficient (Wildman–Crippen LogP) is 2.87. The SMILES string of the molecule is CN(CC(=O)O)C1CCN(Cc2ccc(Cl)c3cccnc23)CC1. The van der Waals surface area contributed by atoms with Gasteiger partial charge in [0.1, 0.15) is 0 Å². The first-order valence-corrected chi connectivity index (χ1v) is 8.59. The molecule has 2 heterocycles. The number of pyridine rings is 1. The molecule has 0 spiro atoms. The van der Waals surface area contributed by atoms with Crippen molar-refractivity contribution in [3.8, 4) is 0 Å². The van der Waals surface area contributed by atoms with Crippen LogP contribution in [0.25, 0.3) is 10.9 Å². The number of fused-ring (bicyclic) bond motifs is 1. The fraction of sp³-hybridized carbons (Fsp3) is 0.444. The third kappa shape index (κ3) is 3.86. The maximum atomic E-state index is 10.8. The molecular weight excluding hydrogens is 326 g/mol. The Balaban J connectivity index is 1.65. The number of rotatable bonds is 5. The molecule has 1 saturated heterocycles. The Hall–Kier alpha value is -1.69. The lowest BCUT2D eigenvalue weighted by molar-refractivity contribution is -0.138. The molecule has 0 bridgehead atoms. The first-order valence-electron chi connectivity index (χ1n) is 8.21. The molecular formula is C18H22ClN3O2. The number of nitrogens with zero attached hydrogens (tertiary/aromatic N) is 3. The van der Waals surface area contributed by atoms with Crippen LogP contribution in [0.15, 0.2) is 30.5 Å². The average molecular weight is 348 g/mol. The highest BCUT2D eigenvalue weighted by Crippen LogP contribution is 2.26. The Morgan fingerprint density at radius 3 is 2.83 bits per heavy atom. The summed E-state index contributed by atoms with van der Waals surface area (Å²) in [5.41, 5.74) is 2.16. The van der Waals surface area contributed by atoms with E-state index in [0.29, 0.717) is 6.04 Å². The standard InChI is InChI=1S/C18H22ClN3O2/c1-21(12-17(23)24)14-6-9-22(10-7-14)11-13-4-5-16(19)15-3-2-8-20-18(13)15/h2-5,8,14H,6-7,9-12H2,1H3,(H,23,24). The first kappa shape index (κ1) is 17.1. The lowest BCUT2D eigenvalue weighted by Crippen LogP contribution is -2.44. The fourth-order valence-corrected chi connectivity index (χ4v) is 3.64. The van der Waals surface area contributed by atoms with Gasteiger partial charge in [0.25, 0.3) is 0 Å². The third-order valence-corrected chi connectivity index (χ3v) is 5.09. The summed E-state index contributed by atoms with van der Waals surface area (Å²) < 4.78 is 0. The quantitative estimate of drug-likeness (QED) is 0.901. The van der Waals surface area contributed by atoms with Crippen LogP contribution in [-0.2, 0) is 11.3 Å². The lowest BCUT2D eigenvalue weighted by Gasteiger charge is -2.36. The van der Waals surface area contributed by atoms with Crippen LogP contribution in [0.1, 0.15) is 18.4 Å². The van der Waals surface area contributed by atoms with Crippen molar-refractivity contribution in [2.75, 3.05) is 26.7 Å². The summed E-state index contributed by atoms with van der Waals surface area (Å²) >= 11 is 6.26. The van der Waals surface area contributed by atoms with Crippen molar-refractivity contribution in [3.63, 3.8) is 0 Å². The van der Waals surface area contributed by atoms with Crippen LogP contribution in [0.3, 0.4) is 0 Å². The van der Waals surface area contributed by atoms with Gasteiger partial charge in [0.15, 0.2) is 0 Å². The van der Waals surface area contributed by atoms with Gasteiger partial charge in [0.05, 0.1) is 12.1 Å². The van der Waals surface area contributed by atoms with Crippen LogP contribution in [0.2, 0.25) is 5.02 Å². The van der Waals surface area contributed by atoms with Gasteiger partial charge < -0.3 is 5.11 Å². The third-order valence-electron chi connectivity index (χ3n) is 4.76. The Morgan fingerprint density at radius 2 is 2.12 bits per heavy atom. The summed E-state index contributed by atoms with van der Waals surface area (Å²) in [4.78, 5) is 19.7. The molecule has 1 fully saturated rings. The Labute approximate surface area is 146 Å². The zero-order chi connectivity index (χ0) is 17.1. The number of aliphatic carboxylic acids is 1. The molecule has 0 radical (unpaired) electrons. The van der Waals surface area contributed by atoms with Crippen molar-refractivity contribution in [2.24, 2.45) is 0 Å². The highest BCUT2D eigenvalue weighted by molar-refractivity contribution is 6.35. The molecule has 0 aliphatic carbocycles. The van der Waals surface area contributed by atoms with E-state index in [1.165, 1.54) is 5.56 Å². The number of hydrogen-bond acceptors (Lipinski definition) is 4. The second-order valence-electron chi connectivity index (χ2n) is 6.42. The number of likely N-dealkylation sites (tertiary alicyclic amines) is 1. The van der Waals surface area contributed by atoms with E-state index in [2.05, 4.69) is 16.0 Å². The summed E-state index contributed by atoms with van der Waals surface area (Å²) in [6, 6.07) is 8.25. The maximum absolute atomic E-state index is 10.8. The Kier molecular flexibility index (Phi) is 5.33. The number of halogens is 1. The zero-order valence-electron chi connectivity index (χ0n) is 13.8. The van der Waals surface area contributed by atoms with E-state index in [4.69, 9.17) is 16.7 Å². The summed E-state index contributed by atoms with van der Waals surface area (Å²) in [6.45, 7) is 2.88. The summed E-state index contributed by atoms with van der Waals surface area (Å²) in [6.07, 6.45) is 3.78. The molecule has 3 rings (SSSR count). The molecule has 1 N–H and O–H groups in total. The number of carboxylic acids is 1. The van der Waals surface area contributed by atoms with E-state index in [-0.39, 0.29) is 6.54 Å². The van der Waals surface area contributed by atoms with E-state index in [9.17, 15) is 4.79 Å². The Bertz CT molecular complexity index is 729. The minimum absolute atomic E-state index is 0.108. The number of piperidine rings is 1. The molecule has 6 heteroatoms. The fourth-order valence-electron chi connectivity index (χ4n) is 3.43. The minimum atomic E-state index is -0.765. The maximum Gasteiger partial charge on any atom is 0.317 e. The molecule has 0 amide bonds. The average Bonchev–Trinajstić information content (AvgIpc) is 2.58. The van der Waals surface area contributed by atoms with Gasteiger partial charge in [-0.1, -0.05) is 17.7 Å². The van der Waals surface area contributed by atoms with Gasteiger partial charge in [-0.2, -0.15) is 0 Å². The second kappa shape index (κ2) is 7.47. The predicted molar refractivity (Wildman–Crippen MR) is 95.3 cm³/mol. The largest absolute Gasteiger partial charge is 0.480 e. The molecule has 128 valence electrons. The van der Waals surface area contributed by atoms with Gasteiger partial charge in [-0.3, -0.25) is 19.6 Å². The number of carbonyl (C=O) groups is 1. The van der Waals surface area contributed by atoms with Gasteiger partial charge >= 0.3 is 5.97 Å². The van der Waals surface area contributed by atoms with Gasteiger partial charge in [-0.05, 0) is 56.7 Å². The molecule has 1 aromatic heterocycles. The smallest absolute Gasteiger partial charge is 0.317 e. The molecule has 1 aromatic carbocycles. The monoisotopic (exact) mass is 347 g/mol. The molecule has 0 saturated carbocycles. The van der Waals surface area contributed by atoms with E-state index in [1.54, 1.807) is 6.20 Å². The zero-order valence-corrected chi connectivity index (χ0v) is 14.5. The van der Waals surface area contributed by atoms with Gasteiger partial charge in [0.2, 0.25) is 0 Å². The molecule has 2 aromatic rings. The minimum Gasteiger partial charge on any atom is -0.480 e. The number of benzene rings is 1. The number of hydrogen-bond donors (Lipinski definition) is 1. The summed E-state index contributed by atoms with van der Waals surface area (Å²) in [5, 5.41) is 10.6. The molecule has 5 nitrogen and oxygen atoms in total. The summed E-state index contributed by atoms with van der Waals surface area (Å²) in [5.74, 6) is -0.765. The molecule has 0 atom stereocenters. The van der Waals surface area contributed by atoms with Crippen molar-refractivity contribution in [1.29, 1.82) is 0 Å². The van der Waals surface area contributed by atoms with Crippen LogP contribution < -0.4 is 0 Å². The van der Waals surface area contributed by atoms with Crippen molar-refractivity contribution >= 4 is 28.5 Å². The highest BCUT2D eigenvalue weighted by Gasteiger charge is 2.24. The first-order chi connectivity index (χ1) is 11.5. The van der Waals surface area contributed by atoms with Crippen LogP contribution in [0, 0.1) is 0 Å². The number of likely N-dealkylation sites (N-methyl/N-ethyl adjacent to an activating group) is 1. The van der Waals surface area contributed by atoms with Crippen LogP contribution >= 0.6 is 11.6 Å². The normalized spacial score (nSPS) is 16.8. The van der Waals surface area contributed by atoms with E-state index < -0.39 is 5.97 Å². The number of carboxylic acid groups (broad SMARTS) is 1. The van der Waals surface area contributed by atoms with Gasteiger partial charge in [-0.15, -0.1) is 0 Å².